The van der Waals surface area contributed by atoms with E-state index < -0.39 is 6.04 Å². The maximum atomic E-state index is 12.2. The molecule has 0 aliphatic rings. The quantitative estimate of drug-likeness (QED) is 0.652. The third-order valence-corrected chi connectivity index (χ3v) is 4.25. The lowest BCUT2D eigenvalue weighted by atomic mass is 10.1. The van der Waals surface area contributed by atoms with Gasteiger partial charge in [0.1, 0.15) is 5.82 Å². The average Bonchev–Trinajstić information content (AvgIpc) is 2.98. The normalized spacial score (nSPS) is 12.3. The summed E-state index contributed by atoms with van der Waals surface area (Å²) < 4.78 is 0. The Morgan fingerprint density at radius 2 is 2.04 bits per heavy atom. The molecule has 3 aromatic rings. The van der Waals surface area contributed by atoms with E-state index in [4.69, 9.17) is 28.9 Å². The van der Waals surface area contributed by atoms with Crippen molar-refractivity contribution in [3.63, 3.8) is 0 Å². The van der Waals surface area contributed by atoms with E-state index in [-0.39, 0.29) is 12.5 Å². The first-order valence-electron chi connectivity index (χ1n) is 7.44. The number of halogens is 2. The number of carbonyl (C=O) groups is 1. The number of para-hydroxylation sites is 2. The van der Waals surface area contributed by atoms with E-state index in [1.54, 1.807) is 18.2 Å². The molecule has 0 fully saturated rings. The van der Waals surface area contributed by atoms with Gasteiger partial charge in [0, 0.05) is 10.0 Å². The van der Waals surface area contributed by atoms with Crippen LogP contribution in [-0.2, 0) is 17.8 Å². The zero-order chi connectivity index (χ0) is 17.1. The molecular weight excluding hydrogens is 347 g/mol. The number of nitrogens with one attached hydrogen (secondary N) is 2. The van der Waals surface area contributed by atoms with Crippen LogP contribution in [0.25, 0.3) is 11.0 Å². The van der Waals surface area contributed by atoms with Crippen LogP contribution in [0.4, 0.5) is 0 Å². The Bertz CT molecular complexity index is 845. The zero-order valence-electron chi connectivity index (χ0n) is 12.7. The van der Waals surface area contributed by atoms with Gasteiger partial charge >= 0.3 is 0 Å². The molecule has 0 spiro atoms. The van der Waals surface area contributed by atoms with Crippen LogP contribution in [0.5, 0.6) is 0 Å². The first-order chi connectivity index (χ1) is 11.5. The number of carbonyl (C=O) groups excluding carboxylic acids is 1. The number of nitrogens with two attached hydrogens (primary N) is 1. The summed E-state index contributed by atoms with van der Waals surface area (Å²) in [7, 11) is 0. The van der Waals surface area contributed by atoms with Crippen molar-refractivity contribution in [2.75, 3.05) is 0 Å². The smallest absolute Gasteiger partial charge is 0.237 e. The van der Waals surface area contributed by atoms with E-state index in [1.165, 1.54) is 0 Å². The largest absolute Gasteiger partial charge is 0.348 e. The Kier molecular flexibility index (Phi) is 5.04. The number of nitrogens with zero attached hydrogens (tertiary/aromatic N) is 1. The number of aromatic amines is 1. The van der Waals surface area contributed by atoms with Crippen LogP contribution in [-0.4, -0.2) is 21.9 Å². The molecule has 1 unspecified atom stereocenters. The van der Waals surface area contributed by atoms with Crippen molar-refractivity contribution >= 4 is 40.1 Å². The molecule has 0 aliphatic carbocycles. The molecule has 0 saturated carbocycles. The molecule has 0 aliphatic heterocycles. The second kappa shape index (κ2) is 7.21. The molecule has 0 saturated heterocycles. The number of imidazole rings is 1. The summed E-state index contributed by atoms with van der Waals surface area (Å²) in [6.07, 6.45) is 0.335. The van der Waals surface area contributed by atoms with Crippen molar-refractivity contribution in [2.24, 2.45) is 5.73 Å². The minimum Gasteiger partial charge on any atom is -0.348 e. The van der Waals surface area contributed by atoms with Crippen LogP contribution in [0, 0.1) is 0 Å². The van der Waals surface area contributed by atoms with Gasteiger partial charge in [-0.25, -0.2) is 4.98 Å². The number of rotatable bonds is 5. The fraction of sp³-hybridized carbons (Fsp3) is 0.176. The van der Waals surface area contributed by atoms with Gasteiger partial charge in [0.05, 0.1) is 23.6 Å². The molecule has 124 valence electrons. The highest BCUT2D eigenvalue weighted by Crippen LogP contribution is 2.21. The number of amides is 1. The molecule has 3 rings (SSSR count). The van der Waals surface area contributed by atoms with E-state index in [2.05, 4.69) is 15.3 Å². The Morgan fingerprint density at radius 1 is 1.25 bits per heavy atom. The standard InChI is InChI=1S/C17H16Cl2N4O/c18-11-6-5-10(12(19)8-11)7-13(20)17(24)21-9-16-22-14-3-1-2-4-15(14)23-16/h1-6,8,13H,7,9,20H2,(H,21,24)(H,22,23). The molecule has 7 heteroatoms. The maximum absolute atomic E-state index is 12.2. The summed E-state index contributed by atoms with van der Waals surface area (Å²) in [6, 6.07) is 12.1. The van der Waals surface area contributed by atoms with Crippen molar-refractivity contribution in [3.8, 4) is 0 Å². The van der Waals surface area contributed by atoms with Gasteiger partial charge < -0.3 is 16.0 Å². The van der Waals surface area contributed by atoms with E-state index in [0.717, 1.165) is 16.6 Å². The van der Waals surface area contributed by atoms with Crippen molar-refractivity contribution in [1.82, 2.24) is 15.3 Å². The van der Waals surface area contributed by atoms with Crippen LogP contribution in [0.3, 0.4) is 0 Å². The lowest BCUT2D eigenvalue weighted by molar-refractivity contribution is -0.122. The highest BCUT2D eigenvalue weighted by molar-refractivity contribution is 6.35. The SMILES string of the molecule is NC(Cc1ccc(Cl)cc1Cl)C(=O)NCc1nc2ccccc2[nH]1. The van der Waals surface area contributed by atoms with Crippen LogP contribution in [0.2, 0.25) is 10.0 Å². The van der Waals surface area contributed by atoms with Crippen molar-refractivity contribution in [2.45, 2.75) is 19.0 Å². The number of aromatic nitrogens is 2. The number of hydrogen-bond acceptors (Lipinski definition) is 3. The Morgan fingerprint density at radius 3 is 2.79 bits per heavy atom. The maximum Gasteiger partial charge on any atom is 0.237 e. The highest BCUT2D eigenvalue weighted by Gasteiger charge is 2.16. The Labute approximate surface area is 149 Å². The monoisotopic (exact) mass is 362 g/mol. The number of H-pyrrole nitrogens is 1. The summed E-state index contributed by atoms with van der Waals surface area (Å²) >= 11 is 12.0. The van der Waals surface area contributed by atoms with E-state index in [1.807, 2.05) is 24.3 Å². The fourth-order valence-electron chi connectivity index (χ4n) is 2.41. The summed E-state index contributed by atoms with van der Waals surface area (Å²) in [5.41, 5.74) is 8.54. The van der Waals surface area contributed by atoms with Gasteiger partial charge in [0.15, 0.2) is 0 Å². The number of benzene rings is 2. The van der Waals surface area contributed by atoms with Crippen LogP contribution in [0.15, 0.2) is 42.5 Å². The zero-order valence-corrected chi connectivity index (χ0v) is 14.2. The minimum absolute atomic E-state index is 0.263. The molecule has 2 aromatic carbocycles. The average molecular weight is 363 g/mol. The van der Waals surface area contributed by atoms with E-state index in [0.29, 0.717) is 22.3 Å². The van der Waals surface area contributed by atoms with Gasteiger partial charge in [-0.15, -0.1) is 0 Å². The number of hydrogen-bond donors (Lipinski definition) is 3. The molecule has 1 aromatic heterocycles. The van der Waals surface area contributed by atoms with Gasteiger partial charge in [-0.05, 0) is 36.2 Å². The first-order valence-corrected chi connectivity index (χ1v) is 8.19. The van der Waals surface area contributed by atoms with Gasteiger partial charge in [0.25, 0.3) is 0 Å². The summed E-state index contributed by atoms with van der Waals surface area (Å²) in [4.78, 5) is 19.7. The Hall–Kier alpha value is -2.08. The second-order valence-corrected chi connectivity index (χ2v) is 6.31. The first kappa shape index (κ1) is 16.8. The summed E-state index contributed by atoms with van der Waals surface area (Å²) in [5.74, 6) is 0.419. The lowest BCUT2D eigenvalue weighted by Crippen LogP contribution is -2.41. The van der Waals surface area contributed by atoms with Crippen LogP contribution < -0.4 is 11.1 Å². The summed E-state index contributed by atoms with van der Waals surface area (Å²) in [5, 5.41) is 3.83. The molecule has 0 bridgehead atoms. The predicted octanol–water partition coefficient (Wildman–Crippen LogP) is 3.06. The van der Waals surface area contributed by atoms with Crippen molar-refractivity contribution in [1.29, 1.82) is 0 Å². The molecule has 1 atom stereocenters. The molecule has 5 nitrogen and oxygen atoms in total. The predicted molar refractivity (Wildman–Crippen MR) is 96.1 cm³/mol. The third kappa shape index (κ3) is 3.87. The molecule has 1 amide bonds. The highest BCUT2D eigenvalue weighted by atomic mass is 35.5. The van der Waals surface area contributed by atoms with Gasteiger partial charge in [-0.2, -0.15) is 0 Å². The Balaban J connectivity index is 1.59. The van der Waals surface area contributed by atoms with E-state index in [9.17, 15) is 4.79 Å². The fourth-order valence-corrected chi connectivity index (χ4v) is 2.89. The lowest BCUT2D eigenvalue weighted by Gasteiger charge is -2.12. The van der Waals surface area contributed by atoms with Gasteiger partial charge in [-0.3, -0.25) is 4.79 Å². The van der Waals surface area contributed by atoms with Crippen molar-refractivity contribution in [3.05, 3.63) is 63.9 Å². The summed E-state index contributed by atoms with van der Waals surface area (Å²) in [6.45, 7) is 0.287. The number of fused-ring (bicyclic) bond motifs is 1. The van der Waals surface area contributed by atoms with E-state index >= 15 is 0 Å². The molecular formula is C17H16Cl2N4O. The van der Waals surface area contributed by atoms with Gasteiger partial charge in [0.2, 0.25) is 5.91 Å². The van der Waals surface area contributed by atoms with Crippen molar-refractivity contribution < 1.29 is 4.79 Å². The second-order valence-electron chi connectivity index (χ2n) is 5.46. The van der Waals surface area contributed by atoms with Gasteiger partial charge in [-0.1, -0.05) is 41.4 Å². The minimum atomic E-state index is -0.701. The molecule has 0 radical (unpaired) electrons. The topological polar surface area (TPSA) is 83.8 Å². The molecule has 24 heavy (non-hydrogen) atoms. The van der Waals surface area contributed by atoms with Crippen LogP contribution >= 0.6 is 23.2 Å². The molecule has 1 heterocycles. The third-order valence-electron chi connectivity index (χ3n) is 3.66. The molecule has 4 N–H and O–H groups in total. The van der Waals surface area contributed by atoms with Crippen LogP contribution in [0.1, 0.15) is 11.4 Å².